The summed E-state index contributed by atoms with van der Waals surface area (Å²) < 4.78 is 5.77. The molecule has 1 fully saturated rings. The van der Waals surface area contributed by atoms with E-state index in [0.29, 0.717) is 12.0 Å². The zero-order valence-electron chi connectivity index (χ0n) is 14.5. The number of ether oxygens (including phenoxy) is 1. The van der Waals surface area contributed by atoms with Gasteiger partial charge in [0, 0.05) is 0 Å². The first-order valence-corrected chi connectivity index (χ1v) is 8.95. The molecule has 2 heteroatoms. The fourth-order valence-corrected chi connectivity index (χ4v) is 3.48. The highest BCUT2D eigenvalue weighted by Crippen LogP contribution is 2.37. The Labute approximate surface area is 141 Å². The van der Waals surface area contributed by atoms with Gasteiger partial charge in [-0.2, -0.15) is 5.26 Å². The van der Waals surface area contributed by atoms with Gasteiger partial charge in [-0.3, -0.25) is 0 Å². The predicted octanol–water partition coefficient (Wildman–Crippen LogP) is 5.59. The molecule has 0 radical (unpaired) electrons. The summed E-state index contributed by atoms with van der Waals surface area (Å²) >= 11 is 0. The van der Waals surface area contributed by atoms with Crippen LogP contribution >= 0.6 is 0 Å². The van der Waals surface area contributed by atoms with Gasteiger partial charge in [-0.15, -0.1) is 0 Å². The molecule has 0 N–H and O–H groups in total. The summed E-state index contributed by atoms with van der Waals surface area (Å²) in [6, 6.07) is 10.4. The van der Waals surface area contributed by atoms with Crippen LogP contribution in [0.3, 0.4) is 0 Å². The van der Waals surface area contributed by atoms with Crippen molar-refractivity contribution in [2.75, 3.05) is 6.61 Å². The monoisotopic (exact) mass is 311 g/mol. The summed E-state index contributed by atoms with van der Waals surface area (Å²) in [5, 5.41) is 8.88. The maximum atomic E-state index is 8.88. The van der Waals surface area contributed by atoms with Crippen molar-refractivity contribution in [2.45, 2.75) is 64.4 Å². The predicted molar refractivity (Wildman–Crippen MR) is 95.3 cm³/mol. The molecule has 1 aliphatic rings. The Morgan fingerprint density at radius 1 is 1.22 bits per heavy atom. The third-order valence-corrected chi connectivity index (χ3v) is 5.05. The molecule has 1 aromatic rings. The topological polar surface area (TPSA) is 33.0 Å². The summed E-state index contributed by atoms with van der Waals surface area (Å²) in [4.78, 5) is 0. The van der Waals surface area contributed by atoms with E-state index in [2.05, 4.69) is 31.2 Å². The highest BCUT2D eigenvalue weighted by molar-refractivity contribution is 5.33. The summed E-state index contributed by atoms with van der Waals surface area (Å²) in [5.41, 5.74) is 2.17. The molecule has 1 aromatic carbocycles. The third kappa shape index (κ3) is 5.84. The Hall–Kier alpha value is -1.59. The van der Waals surface area contributed by atoms with Crippen molar-refractivity contribution in [3.05, 3.63) is 47.5 Å². The average molecular weight is 311 g/mol. The number of benzene rings is 1. The van der Waals surface area contributed by atoms with Gasteiger partial charge in [-0.25, -0.2) is 0 Å². The smallest absolute Gasteiger partial charge is 0.0991 e. The van der Waals surface area contributed by atoms with Crippen molar-refractivity contribution in [3.63, 3.8) is 0 Å². The van der Waals surface area contributed by atoms with E-state index < -0.39 is 0 Å². The van der Waals surface area contributed by atoms with E-state index in [1.54, 1.807) is 0 Å². The maximum absolute atomic E-state index is 8.88. The molecule has 2 rings (SSSR count). The Bertz CT molecular complexity index is 518. The summed E-state index contributed by atoms with van der Waals surface area (Å²) in [6.45, 7) is 4.95. The molecule has 0 bridgehead atoms. The molecule has 0 aliphatic heterocycles. The van der Waals surface area contributed by atoms with Crippen LogP contribution in [0.5, 0.6) is 0 Å². The molecule has 1 saturated carbocycles. The summed E-state index contributed by atoms with van der Waals surface area (Å²) in [7, 11) is 0. The van der Waals surface area contributed by atoms with Crippen LogP contribution < -0.4 is 0 Å². The second-order valence-electron chi connectivity index (χ2n) is 6.74. The summed E-state index contributed by atoms with van der Waals surface area (Å²) in [5.74, 6) is 1.54. The van der Waals surface area contributed by atoms with Gasteiger partial charge in [0.05, 0.1) is 24.3 Å². The molecular weight excluding hydrogens is 282 g/mol. The number of nitrogens with zero attached hydrogens (tertiary/aromatic N) is 1. The van der Waals surface area contributed by atoms with Gasteiger partial charge in [0.1, 0.15) is 0 Å². The Balaban J connectivity index is 1.70. The van der Waals surface area contributed by atoms with Gasteiger partial charge >= 0.3 is 0 Å². The van der Waals surface area contributed by atoms with E-state index in [9.17, 15) is 0 Å². The highest BCUT2D eigenvalue weighted by atomic mass is 16.5. The minimum atomic E-state index is 0.363. The quantitative estimate of drug-likeness (QED) is 0.615. The van der Waals surface area contributed by atoms with Gasteiger partial charge < -0.3 is 4.74 Å². The van der Waals surface area contributed by atoms with Gasteiger partial charge in [0.25, 0.3) is 0 Å². The molecule has 23 heavy (non-hydrogen) atoms. The second-order valence-corrected chi connectivity index (χ2v) is 6.74. The number of hydrogen-bond acceptors (Lipinski definition) is 2. The number of rotatable bonds is 7. The Morgan fingerprint density at radius 2 is 1.91 bits per heavy atom. The Morgan fingerprint density at radius 3 is 2.52 bits per heavy atom. The zero-order valence-corrected chi connectivity index (χ0v) is 14.5. The molecule has 1 aliphatic carbocycles. The normalized spacial score (nSPS) is 22.8. The first-order chi connectivity index (χ1) is 11.2. The standard InChI is InChI=1S/C21H29NO/c1-3-4-15-23-17(2)5-6-18-7-11-20(12-8-18)21-13-9-19(16-22)10-14-21/h3-4,9-10,13-14,17-18,20H,5-8,11-12,15H2,1-2H3. The van der Waals surface area contributed by atoms with E-state index in [-0.39, 0.29) is 0 Å². The zero-order chi connectivity index (χ0) is 16.5. The number of nitriles is 1. The van der Waals surface area contributed by atoms with E-state index >= 15 is 0 Å². The lowest BCUT2D eigenvalue weighted by Gasteiger charge is -2.29. The fourth-order valence-electron chi connectivity index (χ4n) is 3.48. The van der Waals surface area contributed by atoms with Gasteiger partial charge in [-0.1, -0.05) is 24.3 Å². The highest BCUT2D eigenvalue weighted by Gasteiger charge is 2.22. The van der Waals surface area contributed by atoms with Gasteiger partial charge in [-0.05, 0) is 81.9 Å². The van der Waals surface area contributed by atoms with E-state index in [1.807, 2.05) is 25.1 Å². The van der Waals surface area contributed by atoms with Crippen molar-refractivity contribution in [3.8, 4) is 6.07 Å². The fraction of sp³-hybridized carbons (Fsp3) is 0.571. The van der Waals surface area contributed by atoms with Crippen LogP contribution in [-0.2, 0) is 4.74 Å². The molecule has 0 aromatic heterocycles. The Kier molecular flexibility index (Phi) is 7.36. The minimum absolute atomic E-state index is 0.363. The van der Waals surface area contributed by atoms with Crippen molar-refractivity contribution >= 4 is 0 Å². The van der Waals surface area contributed by atoms with E-state index in [4.69, 9.17) is 10.00 Å². The lowest BCUT2D eigenvalue weighted by atomic mass is 9.77. The van der Waals surface area contributed by atoms with Crippen LogP contribution in [0.2, 0.25) is 0 Å². The van der Waals surface area contributed by atoms with Crippen molar-refractivity contribution in [1.29, 1.82) is 5.26 Å². The lowest BCUT2D eigenvalue weighted by molar-refractivity contribution is 0.0743. The molecule has 0 heterocycles. The number of hydrogen-bond donors (Lipinski definition) is 0. The van der Waals surface area contributed by atoms with Crippen LogP contribution in [0.15, 0.2) is 36.4 Å². The summed E-state index contributed by atoms with van der Waals surface area (Å²) in [6.07, 6.45) is 12.1. The maximum Gasteiger partial charge on any atom is 0.0991 e. The molecule has 0 spiro atoms. The van der Waals surface area contributed by atoms with Crippen molar-refractivity contribution < 1.29 is 4.74 Å². The first-order valence-electron chi connectivity index (χ1n) is 8.95. The largest absolute Gasteiger partial charge is 0.374 e. The molecule has 0 saturated heterocycles. The van der Waals surface area contributed by atoms with Crippen LogP contribution in [0, 0.1) is 17.2 Å². The van der Waals surface area contributed by atoms with E-state index in [1.165, 1.54) is 44.1 Å². The minimum Gasteiger partial charge on any atom is -0.374 e. The first kappa shape index (κ1) is 17.8. The second kappa shape index (κ2) is 9.53. The van der Waals surface area contributed by atoms with Crippen molar-refractivity contribution in [1.82, 2.24) is 0 Å². The molecule has 124 valence electrons. The third-order valence-electron chi connectivity index (χ3n) is 5.05. The van der Waals surface area contributed by atoms with Crippen LogP contribution in [0.1, 0.15) is 69.4 Å². The van der Waals surface area contributed by atoms with Crippen molar-refractivity contribution in [2.24, 2.45) is 5.92 Å². The molecule has 0 amide bonds. The van der Waals surface area contributed by atoms with E-state index in [0.717, 1.165) is 18.1 Å². The molecule has 1 unspecified atom stereocenters. The van der Waals surface area contributed by atoms with Crippen LogP contribution in [0.25, 0.3) is 0 Å². The van der Waals surface area contributed by atoms with Gasteiger partial charge in [0.15, 0.2) is 0 Å². The van der Waals surface area contributed by atoms with Crippen LogP contribution in [0.4, 0.5) is 0 Å². The van der Waals surface area contributed by atoms with Crippen LogP contribution in [-0.4, -0.2) is 12.7 Å². The molecule has 2 nitrogen and oxygen atoms in total. The number of allylic oxidation sites excluding steroid dienone is 1. The lowest BCUT2D eigenvalue weighted by Crippen LogP contribution is -2.16. The molecule has 1 atom stereocenters. The SMILES string of the molecule is CC=CCOC(C)CCC1CCC(c2ccc(C#N)cc2)CC1. The average Bonchev–Trinajstić information content (AvgIpc) is 2.61. The van der Waals surface area contributed by atoms with Gasteiger partial charge in [0.2, 0.25) is 0 Å². The molecular formula is C21H29NO.